The molecule has 33 heavy (non-hydrogen) atoms. The average Bonchev–Trinajstić information content (AvgIpc) is 3.25. The minimum Gasteiger partial charge on any atom is -0.367 e. The molecule has 2 aliphatic heterocycles. The summed E-state index contributed by atoms with van der Waals surface area (Å²) in [5, 5.41) is 9.52. The summed E-state index contributed by atoms with van der Waals surface area (Å²) in [4.78, 5) is 19.8. The molecule has 0 bridgehead atoms. The molecule has 2 fully saturated rings. The van der Waals surface area contributed by atoms with Crippen LogP contribution in [0.25, 0.3) is 0 Å². The van der Waals surface area contributed by atoms with Gasteiger partial charge in [-0.05, 0) is 36.2 Å². The number of hydrogen-bond donors (Lipinski definition) is 3. The smallest absolute Gasteiger partial charge is 0.239 e. The first-order valence-electron chi connectivity index (χ1n) is 10.8. The Morgan fingerprint density at radius 1 is 1.15 bits per heavy atom. The van der Waals surface area contributed by atoms with E-state index in [1.54, 1.807) is 7.05 Å². The molecule has 0 saturated carbocycles. The molecule has 1 amide bonds. The molecule has 1 unspecified atom stereocenters. The van der Waals surface area contributed by atoms with Gasteiger partial charge in [0.05, 0.1) is 12.2 Å². The number of nitrogens with zero attached hydrogens (tertiary/aromatic N) is 3. The van der Waals surface area contributed by atoms with E-state index >= 15 is 0 Å². The van der Waals surface area contributed by atoms with E-state index in [0.29, 0.717) is 44.4 Å². The van der Waals surface area contributed by atoms with E-state index < -0.39 is 11.6 Å². The monoisotopic (exact) mass is 570 g/mol. The maximum absolute atomic E-state index is 14.1. The Labute approximate surface area is 209 Å². The van der Waals surface area contributed by atoms with Crippen LogP contribution in [0.2, 0.25) is 0 Å². The Bertz CT molecular complexity index is 987. The van der Waals surface area contributed by atoms with Gasteiger partial charge in [-0.2, -0.15) is 0 Å². The zero-order valence-corrected chi connectivity index (χ0v) is 20.8. The van der Waals surface area contributed by atoms with E-state index in [1.807, 2.05) is 29.2 Å². The molecule has 2 aromatic rings. The van der Waals surface area contributed by atoms with E-state index in [1.165, 1.54) is 12.1 Å². The van der Waals surface area contributed by atoms with Crippen LogP contribution in [-0.4, -0.2) is 57.7 Å². The highest BCUT2D eigenvalue weighted by atomic mass is 127. The van der Waals surface area contributed by atoms with E-state index in [4.69, 9.17) is 0 Å². The van der Waals surface area contributed by atoms with Crippen LogP contribution in [-0.2, 0) is 11.3 Å². The van der Waals surface area contributed by atoms with Crippen molar-refractivity contribution in [1.82, 2.24) is 16.0 Å². The topological polar surface area (TPSA) is 72.0 Å². The van der Waals surface area contributed by atoms with Crippen molar-refractivity contribution in [3.8, 4) is 0 Å². The molecule has 0 aliphatic carbocycles. The minimum atomic E-state index is -0.570. The molecular formula is C23H29F2IN6O. The number of benzene rings is 2. The van der Waals surface area contributed by atoms with E-state index in [-0.39, 0.29) is 35.9 Å². The van der Waals surface area contributed by atoms with Gasteiger partial charge in [0.25, 0.3) is 0 Å². The Morgan fingerprint density at radius 2 is 1.94 bits per heavy atom. The second kappa shape index (κ2) is 11.5. The lowest BCUT2D eigenvalue weighted by Gasteiger charge is -2.28. The normalized spacial score (nSPS) is 18.6. The predicted octanol–water partition coefficient (Wildman–Crippen LogP) is 2.46. The van der Waals surface area contributed by atoms with Crippen molar-refractivity contribution in [3.63, 3.8) is 0 Å². The van der Waals surface area contributed by atoms with Crippen molar-refractivity contribution in [2.24, 2.45) is 4.99 Å². The fourth-order valence-electron chi connectivity index (χ4n) is 4.09. The third-order valence-corrected chi connectivity index (χ3v) is 5.80. The quantitative estimate of drug-likeness (QED) is 0.293. The van der Waals surface area contributed by atoms with Gasteiger partial charge in [0.15, 0.2) is 5.96 Å². The summed E-state index contributed by atoms with van der Waals surface area (Å²) in [5.41, 5.74) is 2.55. The summed E-state index contributed by atoms with van der Waals surface area (Å²) in [6, 6.07) is 11.9. The molecule has 7 nitrogen and oxygen atoms in total. The van der Waals surface area contributed by atoms with E-state index in [2.05, 4.69) is 25.8 Å². The summed E-state index contributed by atoms with van der Waals surface area (Å²) in [6.45, 7) is 3.75. The van der Waals surface area contributed by atoms with Crippen LogP contribution in [0.15, 0.2) is 47.5 Å². The van der Waals surface area contributed by atoms with Crippen LogP contribution in [0, 0.1) is 11.6 Å². The maximum atomic E-state index is 14.1. The second-order valence-corrected chi connectivity index (χ2v) is 8.04. The predicted molar refractivity (Wildman–Crippen MR) is 137 cm³/mol. The maximum Gasteiger partial charge on any atom is 0.239 e. The number of nitrogens with one attached hydrogen (secondary N) is 3. The van der Waals surface area contributed by atoms with Gasteiger partial charge >= 0.3 is 0 Å². The van der Waals surface area contributed by atoms with Gasteiger partial charge in [0.1, 0.15) is 11.6 Å². The molecule has 10 heteroatoms. The fourth-order valence-corrected chi connectivity index (χ4v) is 4.09. The zero-order valence-electron chi connectivity index (χ0n) is 18.5. The van der Waals surface area contributed by atoms with Gasteiger partial charge in [-0.1, -0.05) is 12.1 Å². The van der Waals surface area contributed by atoms with Crippen LogP contribution in [0.3, 0.4) is 0 Å². The highest BCUT2D eigenvalue weighted by Crippen LogP contribution is 2.24. The molecule has 4 rings (SSSR count). The van der Waals surface area contributed by atoms with Crippen molar-refractivity contribution in [1.29, 1.82) is 0 Å². The Morgan fingerprint density at radius 3 is 2.64 bits per heavy atom. The third kappa shape index (κ3) is 6.46. The molecule has 2 heterocycles. The van der Waals surface area contributed by atoms with E-state index in [9.17, 15) is 13.6 Å². The summed E-state index contributed by atoms with van der Waals surface area (Å²) in [7, 11) is 1.71. The lowest BCUT2D eigenvalue weighted by atomic mass is 10.2. The van der Waals surface area contributed by atoms with Crippen molar-refractivity contribution in [2.45, 2.75) is 19.0 Å². The molecule has 0 aromatic heterocycles. The number of rotatable bonds is 5. The largest absolute Gasteiger partial charge is 0.367 e. The van der Waals surface area contributed by atoms with Crippen LogP contribution in [0.4, 0.5) is 20.2 Å². The van der Waals surface area contributed by atoms with Gasteiger partial charge in [-0.15, -0.1) is 24.0 Å². The molecule has 178 valence electrons. The van der Waals surface area contributed by atoms with Crippen molar-refractivity contribution >= 4 is 47.2 Å². The van der Waals surface area contributed by atoms with E-state index in [0.717, 1.165) is 30.3 Å². The fraction of sp³-hybridized carbons (Fsp3) is 0.391. The standard InChI is InChI=1S/C23H28F2N6O.HI/c1-26-23(29-18-8-10-31(14-18)21-7-4-17(24)12-20(21)25)28-13-16-2-5-19(6-3-16)30-11-9-27-22(32)15-30;/h2-7,12,18H,8-11,13-15H2,1H3,(H,27,32)(H2,26,28,29);1H. The van der Waals surface area contributed by atoms with Gasteiger partial charge < -0.3 is 25.8 Å². The summed E-state index contributed by atoms with van der Waals surface area (Å²) >= 11 is 0. The van der Waals surface area contributed by atoms with Gasteiger partial charge in [0, 0.05) is 57.6 Å². The Kier molecular flexibility index (Phi) is 8.70. The molecule has 2 aromatic carbocycles. The summed E-state index contributed by atoms with van der Waals surface area (Å²) < 4.78 is 27.2. The highest BCUT2D eigenvalue weighted by Gasteiger charge is 2.25. The minimum absolute atomic E-state index is 0. The number of amides is 1. The van der Waals surface area contributed by atoms with Crippen LogP contribution in [0.5, 0.6) is 0 Å². The summed E-state index contributed by atoms with van der Waals surface area (Å²) in [5.74, 6) is -0.390. The zero-order chi connectivity index (χ0) is 22.5. The average molecular weight is 570 g/mol. The lowest BCUT2D eigenvalue weighted by molar-refractivity contribution is -0.120. The van der Waals surface area contributed by atoms with Gasteiger partial charge in [-0.3, -0.25) is 9.79 Å². The SMILES string of the molecule is CN=C(NCc1ccc(N2CCNC(=O)C2)cc1)NC1CCN(c2ccc(F)cc2F)C1.I. The van der Waals surface area contributed by atoms with Crippen LogP contribution < -0.4 is 25.8 Å². The molecular weight excluding hydrogens is 541 g/mol. The first kappa shape index (κ1) is 25.0. The molecule has 0 radical (unpaired) electrons. The molecule has 1 atom stereocenters. The number of hydrogen-bond acceptors (Lipinski definition) is 4. The number of carbonyl (C=O) groups is 1. The van der Waals surface area contributed by atoms with Crippen molar-refractivity contribution in [2.75, 3.05) is 49.6 Å². The Hall–Kier alpha value is -2.63. The molecule has 2 saturated heterocycles. The number of halogens is 3. The number of anilines is 2. The molecule has 2 aliphatic rings. The highest BCUT2D eigenvalue weighted by molar-refractivity contribution is 14.0. The molecule has 3 N–H and O–H groups in total. The first-order chi connectivity index (χ1) is 15.5. The van der Waals surface area contributed by atoms with Gasteiger partial charge in [-0.25, -0.2) is 8.78 Å². The molecule has 0 spiro atoms. The van der Waals surface area contributed by atoms with Gasteiger partial charge in [0.2, 0.25) is 5.91 Å². The lowest BCUT2D eigenvalue weighted by Crippen LogP contribution is -2.47. The number of piperazine rings is 1. The van der Waals surface area contributed by atoms with Crippen LogP contribution >= 0.6 is 24.0 Å². The Balaban J connectivity index is 0.00000306. The van der Waals surface area contributed by atoms with Crippen molar-refractivity contribution < 1.29 is 13.6 Å². The van der Waals surface area contributed by atoms with Crippen molar-refractivity contribution in [3.05, 3.63) is 59.7 Å². The number of guanidine groups is 1. The summed E-state index contributed by atoms with van der Waals surface area (Å²) in [6.07, 6.45) is 0.829. The number of carbonyl (C=O) groups excluding carboxylic acids is 1. The second-order valence-electron chi connectivity index (χ2n) is 8.04. The third-order valence-electron chi connectivity index (χ3n) is 5.80. The van der Waals surface area contributed by atoms with Crippen LogP contribution in [0.1, 0.15) is 12.0 Å². The first-order valence-corrected chi connectivity index (χ1v) is 10.8. The number of aliphatic imine (C=N–C) groups is 1.